The van der Waals surface area contributed by atoms with Gasteiger partial charge < -0.3 is 14.8 Å². The van der Waals surface area contributed by atoms with Crippen molar-refractivity contribution >= 4 is 72.8 Å². The van der Waals surface area contributed by atoms with E-state index >= 15 is 0 Å². The van der Waals surface area contributed by atoms with E-state index < -0.39 is 0 Å². The number of hydrogen-bond acceptors (Lipinski definition) is 1. The maximum Gasteiger partial charge on any atom is 0.329 e. The Hall–Kier alpha value is -5.22. The summed E-state index contributed by atoms with van der Waals surface area (Å²) in [5.41, 5.74) is 16.3. The van der Waals surface area contributed by atoms with Crippen LogP contribution in [0.25, 0.3) is 54.7 Å². The molecule has 43 heavy (non-hydrogen) atoms. The number of rotatable bonds is 2. The number of benzene rings is 6. The number of aryl methyl sites for hydroxylation is 3. The van der Waals surface area contributed by atoms with Crippen LogP contribution in [0.15, 0.2) is 115 Å². The molecule has 4 heteroatoms. The van der Waals surface area contributed by atoms with Crippen LogP contribution in [0.5, 0.6) is 0 Å². The van der Waals surface area contributed by atoms with Gasteiger partial charge in [0.1, 0.15) is 0 Å². The summed E-state index contributed by atoms with van der Waals surface area (Å²) in [6, 6.07) is 42.5. The highest BCUT2D eigenvalue weighted by Crippen LogP contribution is 2.47. The zero-order valence-electron chi connectivity index (χ0n) is 24.5. The molecule has 1 aliphatic rings. The second-order valence-corrected chi connectivity index (χ2v) is 12.1. The highest BCUT2D eigenvalue weighted by Gasteiger charge is 2.40. The fourth-order valence-corrected chi connectivity index (χ4v) is 7.81. The number of nitrogens with zero attached hydrogens (tertiary/aromatic N) is 1. The van der Waals surface area contributed by atoms with Crippen molar-refractivity contribution in [2.24, 2.45) is 0 Å². The molecule has 2 aromatic heterocycles. The van der Waals surface area contributed by atoms with Crippen molar-refractivity contribution in [1.82, 2.24) is 9.97 Å². The zero-order chi connectivity index (χ0) is 28.8. The molecule has 0 fully saturated rings. The lowest BCUT2D eigenvalue weighted by molar-refractivity contribution is 1.33. The van der Waals surface area contributed by atoms with E-state index in [4.69, 9.17) is 0 Å². The molecule has 0 unspecified atom stereocenters. The van der Waals surface area contributed by atoms with Crippen LogP contribution < -0.4 is 15.7 Å². The number of H-pyrrole nitrogens is 2. The molecule has 0 spiro atoms. The highest BCUT2D eigenvalue weighted by atomic mass is 15.1. The topological polar surface area (TPSA) is 34.8 Å². The van der Waals surface area contributed by atoms with Crippen LogP contribution in [-0.2, 0) is 0 Å². The molecule has 3 heterocycles. The number of fused-ring (bicyclic) bond motifs is 10. The summed E-state index contributed by atoms with van der Waals surface area (Å²) in [5, 5.41) is 5.06. The van der Waals surface area contributed by atoms with E-state index in [-0.39, 0.29) is 6.85 Å². The van der Waals surface area contributed by atoms with Crippen LogP contribution in [0.4, 0.5) is 11.4 Å². The third-order valence-corrected chi connectivity index (χ3v) is 9.45. The van der Waals surface area contributed by atoms with Gasteiger partial charge in [-0.05, 0) is 79.7 Å². The molecule has 0 amide bonds. The van der Waals surface area contributed by atoms with Gasteiger partial charge in [0, 0.05) is 60.5 Å². The number of aromatic amines is 2. The number of hydrogen-bond donors (Lipinski definition) is 2. The zero-order valence-corrected chi connectivity index (χ0v) is 24.5. The average Bonchev–Trinajstić information content (AvgIpc) is 3.58. The molecule has 0 saturated heterocycles. The minimum absolute atomic E-state index is 0.0134. The molecular weight excluding hydrogens is 521 g/mol. The van der Waals surface area contributed by atoms with Gasteiger partial charge in [-0.2, -0.15) is 0 Å². The molecular formula is C39H30BN3. The van der Waals surface area contributed by atoms with E-state index in [9.17, 15) is 0 Å². The minimum atomic E-state index is -0.0134. The molecule has 0 radical (unpaired) electrons. The van der Waals surface area contributed by atoms with Crippen LogP contribution in [0.3, 0.4) is 0 Å². The summed E-state index contributed by atoms with van der Waals surface area (Å²) in [7, 11) is 0. The lowest BCUT2D eigenvalue weighted by Gasteiger charge is -2.40. The van der Waals surface area contributed by atoms with Crippen LogP contribution in [0, 0.1) is 20.8 Å². The lowest BCUT2D eigenvalue weighted by atomic mass is 9.44. The van der Waals surface area contributed by atoms with Gasteiger partial charge in [0.25, 0.3) is 0 Å². The van der Waals surface area contributed by atoms with E-state index in [2.05, 4.69) is 151 Å². The second-order valence-electron chi connectivity index (χ2n) is 12.1. The summed E-state index contributed by atoms with van der Waals surface area (Å²) < 4.78 is 0. The first kappa shape index (κ1) is 24.4. The van der Waals surface area contributed by atoms with Crippen LogP contribution in [0.1, 0.15) is 16.7 Å². The molecule has 3 nitrogen and oxygen atoms in total. The predicted molar refractivity (Wildman–Crippen MR) is 185 cm³/mol. The van der Waals surface area contributed by atoms with Crippen LogP contribution in [0.2, 0.25) is 0 Å². The number of nitrogens with one attached hydrogen (secondary N) is 2. The molecule has 204 valence electrons. The van der Waals surface area contributed by atoms with Gasteiger partial charge in [-0.25, -0.2) is 0 Å². The lowest BCUT2D eigenvalue weighted by Crippen LogP contribution is -2.59. The largest absolute Gasteiger partial charge is 0.376 e. The van der Waals surface area contributed by atoms with Crippen molar-refractivity contribution in [2.75, 3.05) is 4.81 Å². The maximum atomic E-state index is 3.74. The van der Waals surface area contributed by atoms with Gasteiger partial charge in [0.05, 0.1) is 0 Å². The smallest absolute Gasteiger partial charge is 0.329 e. The summed E-state index contributed by atoms with van der Waals surface area (Å²) >= 11 is 0. The molecule has 6 aromatic carbocycles. The first-order valence-electron chi connectivity index (χ1n) is 15.1. The van der Waals surface area contributed by atoms with Crippen molar-refractivity contribution in [3.63, 3.8) is 0 Å². The first-order chi connectivity index (χ1) is 21.1. The molecule has 1 aliphatic heterocycles. The summed E-state index contributed by atoms with van der Waals surface area (Å²) in [6.07, 6.45) is 0. The SMILES string of the molecule is Cc1cc(C)c(B2c3cc4[nH]c5ccccc5c4cc3-c3ccc4[nH]c5ccccc5c4c3N2c2ccccc2)c(C)c1. The van der Waals surface area contributed by atoms with Crippen LogP contribution >= 0.6 is 0 Å². The summed E-state index contributed by atoms with van der Waals surface area (Å²) in [4.78, 5) is 10.1. The molecule has 9 rings (SSSR count). The third-order valence-electron chi connectivity index (χ3n) is 9.45. The Kier molecular flexibility index (Phi) is 5.04. The van der Waals surface area contributed by atoms with Gasteiger partial charge in [0.15, 0.2) is 0 Å². The predicted octanol–water partition coefficient (Wildman–Crippen LogP) is 8.81. The fraction of sp³-hybridized carbons (Fsp3) is 0.0769. The van der Waals surface area contributed by atoms with Crippen molar-refractivity contribution in [3.8, 4) is 11.1 Å². The fourth-order valence-electron chi connectivity index (χ4n) is 7.81. The van der Waals surface area contributed by atoms with Crippen molar-refractivity contribution in [1.29, 1.82) is 0 Å². The Labute approximate surface area is 250 Å². The van der Waals surface area contributed by atoms with E-state index in [1.165, 1.54) is 82.7 Å². The van der Waals surface area contributed by atoms with E-state index in [0.29, 0.717) is 0 Å². The van der Waals surface area contributed by atoms with Crippen LogP contribution in [-0.4, -0.2) is 16.8 Å². The minimum Gasteiger partial charge on any atom is -0.376 e. The van der Waals surface area contributed by atoms with E-state index in [1.807, 2.05) is 0 Å². The third kappa shape index (κ3) is 3.44. The van der Waals surface area contributed by atoms with Gasteiger partial charge in [-0.1, -0.05) is 89.5 Å². The molecule has 0 aliphatic carbocycles. The Morgan fingerprint density at radius 2 is 1.19 bits per heavy atom. The van der Waals surface area contributed by atoms with Crippen molar-refractivity contribution < 1.29 is 0 Å². The van der Waals surface area contributed by atoms with Crippen molar-refractivity contribution in [2.45, 2.75) is 20.8 Å². The molecule has 2 N–H and O–H groups in total. The Bertz CT molecular complexity index is 2370. The molecule has 0 bridgehead atoms. The molecule has 0 saturated carbocycles. The Balaban J connectivity index is 1.50. The van der Waals surface area contributed by atoms with E-state index in [0.717, 1.165) is 11.0 Å². The maximum absolute atomic E-state index is 3.74. The molecule has 0 atom stereocenters. The number of anilines is 2. The highest BCUT2D eigenvalue weighted by molar-refractivity contribution is 6.91. The normalized spacial score (nSPS) is 12.9. The van der Waals surface area contributed by atoms with Gasteiger partial charge in [0.2, 0.25) is 0 Å². The summed E-state index contributed by atoms with van der Waals surface area (Å²) in [5.74, 6) is 0. The first-order valence-corrected chi connectivity index (χ1v) is 15.1. The van der Waals surface area contributed by atoms with Gasteiger partial charge in [-0.3, -0.25) is 0 Å². The van der Waals surface area contributed by atoms with Gasteiger partial charge >= 0.3 is 6.85 Å². The van der Waals surface area contributed by atoms with Gasteiger partial charge in [-0.15, -0.1) is 0 Å². The number of para-hydroxylation sites is 3. The average molecular weight is 552 g/mol. The second kappa shape index (κ2) is 8.89. The number of aromatic nitrogens is 2. The molecule has 8 aromatic rings. The summed E-state index contributed by atoms with van der Waals surface area (Å²) in [6.45, 7) is 6.75. The van der Waals surface area contributed by atoms with E-state index in [1.54, 1.807) is 0 Å². The standard InChI is InChI=1S/C39H30BN3/c1-23-19-24(2)38(25(3)20-23)40-32-22-36-31(27-13-7-9-15-33(27)42-36)21-30(32)28-17-18-35-37(29-14-8-10-16-34(29)41-35)39(28)43(40)26-11-5-4-6-12-26/h4-22,41-42H,1-3H3. The Morgan fingerprint density at radius 3 is 1.95 bits per heavy atom. The monoisotopic (exact) mass is 551 g/mol. The Morgan fingerprint density at radius 1 is 0.535 bits per heavy atom. The van der Waals surface area contributed by atoms with Crippen molar-refractivity contribution in [3.05, 3.63) is 132 Å². The quantitative estimate of drug-likeness (QED) is 0.207.